The molecular formula is C10H18O3. The standard InChI is InChI=1S/C10H18O3/c1-6-7(2)12-9(10(3,4)5)13-8(6)11/h6-7,9H,1-5H3. The van der Waals surface area contributed by atoms with E-state index in [0.717, 1.165) is 0 Å². The second-order valence-corrected chi connectivity index (χ2v) is 4.76. The van der Waals surface area contributed by atoms with Crippen molar-refractivity contribution in [2.24, 2.45) is 11.3 Å². The molecule has 0 aromatic rings. The molecule has 1 heterocycles. The predicted octanol–water partition coefficient (Wildman–Crippen LogP) is 1.96. The van der Waals surface area contributed by atoms with Crippen LogP contribution in [0.2, 0.25) is 0 Å². The smallest absolute Gasteiger partial charge is 0.313 e. The number of hydrogen-bond acceptors (Lipinski definition) is 3. The van der Waals surface area contributed by atoms with E-state index in [-0.39, 0.29) is 23.4 Å². The molecule has 1 aliphatic heterocycles. The molecule has 0 aliphatic carbocycles. The van der Waals surface area contributed by atoms with Crippen LogP contribution in [0.4, 0.5) is 0 Å². The third kappa shape index (κ3) is 2.21. The lowest BCUT2D eigenvalue weighted by atomic mass is 9.94. The van der Waals surface area contributed by atoms with Crippen molar-refractivity contribution in [3.05, 3.63) is 0 Å². The molecule has 3 atom stereocenters. The monoisotopic (exact) mass is 186 g/mol. The van der Waals surface area contributed by atoms with Crippen molar-refractivity contribution in [2.75, 3.05) is 0 Å². The molecule has 0 aromatic heterocycles. The Kier molecular flexibility index (Phi) is 2.66. The highest BCUT2D eigenvalue weighted by Gasteiger charge is 2.39. The maximum Gasteiger partial charge on any atom is 0.313 e. The molecule has 0 saturated carbocycles. The Morgan fingerprint density at radius 3 is 2.15 bits per heavy atom. The summed E-state index contributed by atoms with van der Waals surface area (Å²) in [4.78, 5) is 11.4. The van der Waals surface area contributed by atoms with Crippen LogP contribution >= 0.6 is 0 Å². The quantitative estimate of drug-likeness (QED) is 0.542. The highest BCUT2D eigenvalue weighted by molar-refractivity contribution is 5.73. The third-order valence-electron chi connectivity index (χ3n) is 2.34. The maximum atomic E-state index is 11.4. The molecule has 1 saturated heterocycles. The molecule has 13 heavy (non-hydrogen) atoms. The molecule has 0 radical (unpaired) electrons. The van der Waals surface area contributed by atoms with Crippen molar-refractivity contribution in [1.29, 1.82) is 0 Å². The zero-order valence-corrected chi connectivity index (χ0v) is 8.96. The summed E-state index contributed by atoms with van der Waals surface area (Å²) in [6.07, 6.45) is -0.461. The van der Waals surface area contributed by atoms with E-state index in [9.17, 15) is 4.79 Å². The fourth-order valence-corrected chi connectivity index (χ4v) is 1.13. The maximum absolute atomic E-state index is 11.4. The van der Waals surface area contributed by atoms with Gasteiger partial charge in [0.2, 0.25) is 6.29 Å². The van der Waals surface area contributed by atoms with Crippen LogP contribution in [0.3, 0.4) is 0 Å². The van der Waals surface area contributed by atoms with E-state index < -0.39 is 6.29 Å². The minimum absolute atomic E-state index is 0.0505. The lowest BCUT2D eigenvalue weighted by Gasteiger charge is -2.38. The fraction of sp³-hybridized carbons (Fsp3) is 0.900. The van der Waals surface area contributed by atoms with Gasteiger partial charge in [-0.15, -0.1) is 0 Å². The number of rotatable bonds is 0. The largest absolute Gasteiger partial charge is 0.435 e. The second-order valence-electron chi connectivity index (χ2n) is 4.76. The van der Waals surface area contributed by atoms with Crippen LogP contribution in [0, 0.1) is 11.3 Å². The molecule has 1 fully saturated rings. The Labute approximate surface area is 79.4 Å². The van der Waals surface area contributed by atoms with Crippen LogP contribution in [0.25, 0.3) is 0 Å². The van der Waals surface area contributed by atoms with E-state index >= 15 is 0 Å². The first-order chi connectivity index (χ1) is 5.82. The molecule has 1 aliphatic rings. The zero-order chi connectivity index (χ0) is 10.2. The molecule has 0 spiro atoms. The summed E-state index contributed by atoms with van der Waals surface area (Å²) in [5.74, 6) is -0.308. The first kappa shape index (κ1) is 10.5. The fourth-order valence-electron chi connectivity index (χ4n) is 1.13. The molecule has 3 heteroatoms. The molecule has 3 nitrogen and oxygen atoms in total. The number of esters is 1. The number of carbonyl (C=O) groups excluding carboxylic acids is 1. The Morgan fingerprint density at radius 2 is 1.77 bits per heavy atom. The molecular weight excluding hydrogens is 168 g/mol. The minimum Gasteiger partial charge on any atom is -0.435 e. The topological polar surface area (TPSA) is 35.5 Å². The van der Waals surface area contributed by atoms with Gasteiger partial charge >= 0.3 is 5.97 Å². The van der Waals surface area contributed by atoms with Crippen molar-refractivity contribution in [3.8, 4) is 0 Å². The van der Waals surface area contributed by atoms with E-state index in [4.69, 9.17) is 9.47 Å². The zero-order valence-electron chi connectivity index (χ0n) is 8.96. The van der Waals surface area contributed by atoms with Crippen molar-refractivity contribution in [2.45, 2.75) is 47.0 Å². The number of cyclic esters (lactones) is 1. The number of ether oxygens (including phenoxy) is 2. The van der Waals surface area contributed by atoms with Crippen LogP contribution in [0.1, 0.15) is 34.6 Å². The number of carbonyl (C=O) groups is 1. The Bertz CT molecular complexity index is 205. The van der Waals surface area contributed by atoms with Crippen molar-refractivity contribution < 1.29 is 14.3 Å². The summed E-state index contributed by atoms with van der Waals surface area (Å²) < 4.78 is 10.8. The summed E-state index contributed by atoms with van der Waals surface area (Å²) in [5.41, 5.74) is -0.149. The van der Waals surface area contributed by atoms with Gasteiger partial charge in [0.15, 0.2) is 0 Å². The van der Waals surface area contributed by atoms with E-state index in [0.29, 0.717) is 0 Å². The summed E-state index contributed by atoms with van der Waals surface area (Å²) in [6.45, 7) is 9.71. The molecule has 3 unspecified atom stereocenters. The summed E-state index contributed by atoms with van der Waals surface area (Å²) in [6, 6.07) is 0. The molecule has 0 aromatic carbocycles. The van der Waals surface area contributed by atoms with Crippen LogP contribution in [0.5, 0.6) is 0 Å². The van der Waals surface area contributed by atoms with Gasteiger partial charge in [-0.2, -0.15) is 0 Å². The summed E-state index contributed by atoms with van der Waals surface area (Å²) in [5, 5.41) is 0. The van der Waals surface area contributed by atoms with E-state index in [1.54, 1.807) is 0 Å². The molecule has 0 bridgehead atoms. The minimum atomic E-state index is -0.411. The van der Waals surface area contributed by atoms with E-state index in [1.165, 1.54) is 0 Å². The van der Waals surface area contributed by atoms with Crippen molar-refractivity contribution in [3.63, 3.8) is 0 Å². The Morgan fingerprint density at radius 1 is 1.23 bits per heavy atom. The van der Waals surface area contributed by atoms with Gasteiger partial charge in [-0.05, 0) is 13.8 Å². The molecule has 0 amide bonds. The van der Waals surface area contributed by atoms with Crippen LogP contribution in [-0.4, -0.2) is 18.4 Å². The van der Waals surface area contributed by atoms with Gasteiger partial charge in [0, 0.05) is 5.41 Å². The first-order valence-corrected chi connectivity index (χ1v) is 4.68. The highest BCUT2D eigenvalue weighted by atomic mass is 16.7. The summed E-state index contributed by atoms with van der Waals surface area (Å²) in [7, 11) is 0. The SMILES string of the molecule is CC1OC(C(C)(C)C)OC(=O)C1C. The molecule has 0 N–H and O–H groups in total. The predicted molar refractivity (Wildman–Crippen MR) is 49.0 cm³/mol. The Balaban J connectivity index is 2.69. The van der Waals surface area contributed by atoms with Gasteiger partial charge in [-0.3, -0.25) is 4.79 Å². The molecule has 76 valence electrons. The van der Waals surface area contributed by atoms with Gasteiger partial charge in [0.25, 0.3) is 0 Å². The van der Waals surface area contributed by atoms with Crippen molar-refractivity contribution in [1.82, 2.24) is 0 Å². The van der Waals surface area contributed by atoms with Gasteiger partial charge in [0.05, 0.1) is 12.0 Å². The van der Waals surface area contributed by atoms with Crippen LogP contribution < -0.4 is 0 Å². The molecule has 1 rings (SSSR count). The van der Waals surface area contributed by atoms with Gasteiger partial charge < -0.3 is 9.47 Å². The normalized spacial score (nSPS) is 35.8. The highest BCUT2D eigenvalue weighted by Crippen LogP contribution is 2.30. The van der Waals surface area contributed by atoms with E-state index in [2.05, 4.69) is 0 Å². The average Bonchev–Trinajstić information content (AvgIpc) is 1.97. The van der Waals surface area contributed by atoms with Crippen LogP contribution in [-0.2, 0) is 14.3 Å². The summed E-state index contributed by atoms with van der Waals surface area (Å²) >= 11 is 0. The first-order valence-electron chi connectivity index (χ1n) is 4.68. The van der Waals surface area contributed by atoms with Gasteiger partial charge in [-0.1, -0.05) is 20.8 Å². The Hall–Kier alpha value is -0.570. The van der Waals surface area contributed by atoms with Gasteiger partial charge in [-0.25, -0.2) is 0 Å². The lowest BCUT2D eigenvalue weighted by molar-refractivity contribution is -0.252. The van der Waals surface area contributed by atoms with E-state index in [1.807, 2.05) is 34.6 Å². The average molecular weight is 186 g/mol. The third-order valence-corrected chi connectivity index (χ3v) is 2.34. The lowest BCUT2D eigenvalue weighted by Crippen LogP contribution is -2.46. The second kappa shape index (κ2) is 3.29. The number of hydrogen-bond donors (Lipinski definition) is 0. The van der Waals surface area contributed by atoms with Crippen molar-refractivity contribution >= 4 is 5.97 Å². The van der Waals surface area contributed by atoms with Gasteiger partial charge in [0.1, 0.15) is 0 Å². The van der Waals surface area contributed by atoms with Crippen LogP contribution in [0.15, 0.2) is 0 Å².